The van der Waals surface area contributed by atoms with E-state index in [1.54, 1.807) is 18.2 Å². The summed E-state index contributed by atoms with van der Waals surface area (Å²) in [5.41, 5.74) is 0.696. The molecule has 0 fully saturated rings. The van der Waals surface area contributed by atoms with Crippen LogP contribution in [0.25, 0.3) is 0 Å². The molecule has 3 heteroatoms. The summed E-state index contributed by atoms with van der Waals surface area (Å²) in [4.78, 5) is 0. The van der Waals surface area contributed by atoms with E-state index < -0.39 is 0 Å². The molecule has 0 aromatic carbocycles. The van der Waals surface area contributed by atoms with E-state index in [-0.39, 0.29) is 5.76 Å². The summed E-state index contributed by atoms with van der Waals surface area (Å²) in [6.07, 6.45) is 6.93. The Morgan fingerprint density at radius 1 is 1.36 bits per heavy atom. The van der Waals surface area contributed by atoms with Gasteiger partial charge in [-0.2, -0.15) is 0 Å². The molecule has 74 valence electrons. The number of hydrogen-bond acceptors (Lipinski definition) is 3. The molecule has 0 radical (unpaired) electrons. The highest BCUT2D eigenvalue weighted by molar-refractivity contribution is 7.79. The lowest BCUT2D eigenvalue weighted by molar-refractivity contribution is 0.424. The molecule has 0 aromatic heterocycles. The second-order valence-electron chi connectivity index (χ2n) is 2.35. The SMILES string of the molecule is C=C/C=C\C(=C\O)C(=C)/C(O)=C\C=S. The van der Waals surface area contributed by atoms with Crippen LogP contribution in [0.5, 0.6) is 0 Å². The second-order valence-corrected chi connectivity index (χ2v) is 2.62. The number of aliphatic hydroxyl groups excluding tert-OH is 2. The van der Waals surface area contributed by atoms with E-state index in [1.807, 2.05) is 0 Å². The number of allylic oxidation sites excluding steroid dienone is 5. The molecule has 0 amide bonds. The Labute approximate surface area is 88.9 Å². The first-order valence-electron chi connectivity index (χ1n) is 3.85. The number of aliphatic hydroxyl groups is 2. The van der Waals surface area contributed by atoms with E-state index in [2.05, 4.69) is 25.4 Å². The molecular formula is C11H12O2S. The maximum absolute atomic E-state index is 9.37. The van der Waals surface area contributed by atoms with Crippen molar-refractivity contribution in [2.75, 3.05) is 0 Å². The third kappa shape index (κ3) is 3.87. The minimum absolute atomic E-state index is 0.0750. The highest BCUT2D eigenvalue weighted by atomic mass is 32.1. The molecule has 0 spiro atoms. The summed E-state index contributed by atoms with van der Waals surface area (Å²) in [6, 6.07) is 0. The van der Waals surface area contributed by atoms with E-state index in [1.165, 1.54) is 11.4 Å². The third-order valence-electron chi connectivity index (χ3n) is 1.43. The molecule has 14 heavy (non-hydrogen) atoms. The minimum Gasteiger partial charge on any atom is -0.515 e. The fraction of sp³-hybridized carbons (Fsp3) is 0. The average Bonchev–Trinajstić information content (AvgIpc) is 2.19. The van der Waals surface area contributed by atoms with Gasteiger partial charge in [0, 0.05) is 16.5 Å². The zero-order valence-electron chi connectivity index (χ0n) is 7.68. The van der Waals surface area contributed by atoms with Gasteiger partial charge >= 0.3 is 0 Å². The number of thiocarbonyl (C=S) groups is 1. The van der Waals surface area contributed by atoms with Crippen LogP contribution in [0, 0.1) is 0 Å². The van der Waals surface area contributed by atoms with Gasteiger partial charge in [0.25, 0.3) is 0 Å². The summed E-state index contributed by atoms with van der Waals surface area (Å²) >= 11 is 4.54. The molecule has 0 aliphatic heterocycles. The van der Waals surface area contributed by atoms with Gasteiger partial charge in [-0.25, -0.2) is 0 Å². The zero-order valence-corrected chi connectivity index (χ0v) is 8.50. The summed E-state index contributed by atoms with van der Waals surface area (Å²) in [7, 11) is 0. The van der Waals surface area contributed by atoms with Crippen LogP contribution < -0.4 is 0 Å². The third-order valence-corrected chi connectivity index (χ3v) is 1.57. The van der Waals surface area contributed by atoms with Crippen LogP contribution in [0.4, 0.5) is 0 Å². The van der Waals surface area contributed by atoms with Crippen molar-refractivity contribution in [1.29, 1.82) is 0 Å². The summed E-state index contributed by atoms with van der Waals surface area (Å²) in [6.45, 7) is 7.08. The molecule has 0 aliphatic carbocycles. The van der Waals surface area contributed by atoms with Crippen LogP contribution in [0.15, 0.2) is 60.6 Å². The van der Waals surface area contributed by atoms with Gasteiger partial charge in [-0.15, -0.1) is 0 Å². The predicted octanol–water partition coefficient (Wildman–Crippen LogP) is 3.17. The summed E-state index contributed by atoms with van der Waals surface area (Å²) < 4.78 is 0. The Morgan fingerprint density at radius 3 is 2.43 bits per heavy atom. The van der Waals surface area contributed by atoms with Crippen LogP contribution in [-0.4, -0.2) is 15.6 Å². The van der Waals surface area contributed by atoms with E-state index >= 15 is 0 Å². The topological polar surface area (TPSA) is 40.5 Å². The second kappa shape index (κ2) is 6.86. The maximum atomic E-state index is 9.37. The summed E-state index contributed by atoms with van der Waals surface area (Å²) in [5.74, 6) is -0.0750. The number of rotatable bonds is 5. The lowest BCUT2D eigenvalue weighted by Crippen LogP contribution is -1.90. The van der Waals surface area contributed by atoms with Crippen LogP contribution in [0.1, 0.15) is 0 Å². The van der Waals surface area contributed by atoms with Crippen molar-refractivity contribution in [1.82, 2.24) is 0 Å². The molecule has 2 N–H and O–H groups in total. The molecule has 0 saturated heterocycles. The highest BCUT2D eigenvalue weighted by Gasteiger charge is 2.03. The van der Waals surface area contributed by atoms with Crippen molar-refractivity contribution in [3.05, 3.63) is 60.6 Å². The highest BCUT2D eigenvalue weighted by Crippen LogP contribution is 2.15. The van der Waals surface area contributed by atoms with E-state index in [0.29, 0.717) is 11.1 Å². The number of hydrogen-bond donors (Lipinski definition) is 2. The van der Waals surface area contributed by atoms with Crippen molar-refractivity contribution in [3.8, 4) is 0 Å². The van der Waals surface area contributed by atoms with Crippen molar-refractivity contribution in [2.24, 2.45) is 0 Å². The Balaban J connectivity index is 4.81. The standard InChI is InChI=1S/C11H12O2S/c1-3-4-5-10(8-12)9(2)11(13)6-7-14/h3-8,12-13H,1-2H2/b5-4-,10-8-,11-6+. The Morgan fingerprint density at radius 2 is 2.00 bits per heavy atom. The van der Waals surface area contributed by atoms with Crippen molar-refractivity contribution in [2.45, 2.75) is 0 Å². The van der Waals surface area contributed by atoms with E-state index in [4.69, 9.17) is 5.11 Å². The van der Waals surface area contributed by atoms with Gasteiger partial charge in [0.15, 0.2) is 0 Å². The van der Waals surface area contributed by atoms with Gasteiger partial charge in [-0.05, 0) is 6.08 Å². The zero-order chi connectivity index (χ0) is 11.0. The molecule has 0 heterocycles. The van der Waals surface area contributed by atoms with Crippen molar-refractivity contribution < 1.29 is 10.2 Å². The van der Waals surface area contributed by atoms with Crippen LogP contribution in [-0.2, 0) is 0 Å². The quantitative estimate of drug-likeness (QED) is 0.315. The van der Waals surface area contributed by atoms with Crippen molar-refractivity contribution >= 4 is 17.6 Å². The predicted molar refractivity (Wildman–Crippen MR) is 63.6 cm³/mol. The maximum Gasteiger partial charge on any atom is 0.123 e. The average molecular weight is 208 g/mol. The van der Waals surface area contributed by atoms with Crippen LogP contribution in [0.3, 0.4) is 0 Å². The molecular weight excluding hydrogens is 196 g/mol. The van der Waals surface area contributed by atoms with Crippen LogP contribution in [0.2, 0.25) is 0 Å². The largest absolute Gasteiger partial charge is 0.515 e. The first-order chi connectivity index (χ1) is 6.67. The Bertz CT molecular complexity index is 322. The smallest absolute Gasteiger partial charge is 0.123 e. The molecule has 0 atom stereocenters. The van der Waals surface area contributed by atoms with Gasteiger partial charge < -0.3 is 10.2 Å². The lowest BCUT2D eigenvalue weighted by Gasteiger charge is -2.03. The van der Waals surface area contributed by atoms with Crippen molar-refractivity contribution in [3.63, 3.8) is 0 Å². The van der Waals surface area contributed by atoms with Gasteiger partial charge in [-0.3, -0.25) is 0 Å². The fourth-order valence-electron chi connectivity index (χ4n) is 0.706. The Kier molecular flexibility index (Phi) is 6.07. The molecule has 2 nitrogen and oxygen atoms in total. The van der Waals surface area contributed by atoms with E-state index in [9.17, 15) is 5.11 Å². The minimum atomic E-state index is -0.0750. The molecule has 0 bridgehead atoms. The molecule has 0 aliphatic rings. The molecule has 0 aromatic rings. The van der Waals surface area contributed by atoms with Crippen LogP contribution >= 0.6 is 12.2 Å². The Hall–Kier alpha value is -1.61. The van der Waals surface area contributed by atoms with Gasteiger partial charge in [0.1, 0.15) is 5.76 Å². The molecule has 0 rings (SSSR count). The first kappa shape index (κ1) is 12.4. The fourth-order valence-corrected chi connectivity index (χ4v) is 0.835. The van der Waals surface area contributed by atoms with E-state index in [0.717, 1.165) is 6.26 Å². The monoisotopic (exact) mass is 208 g/mol. The van der Waals surface area contributed by atoms with Gasteiger partial charge in [0.05, 0.1) is 6.26 Å². The molecule has 0 unspecified atom stereocenters. The molecule has 0 saturated carbocycles. The van der Waals surface area contributed by atoms with Gasteiger partial charge in [0.2, 0.25) is 0 Å². The van der Waals surface area contributed by atoms with Gasteiger partial charge in [-0.1, -0.05) is 43.6 Å². The summed E-state index contributed by atoms with van der Waals surface area (Å²) in [5, 5.41) is 19.5. The first-order valence-corrected chi connectivity index (χ1v) is 4.32. The lowest BCUT2D eigenvalue weighted by atomic mass is 10.1. The normalized spacial score (nSPS) is 12.9.